The normalized spacial score (nSPS) is 20.2. The number of thiazole rings is 1. The Labute approximate surface area is 344 Å². The number of rotatable bonds is 20. The Morgan fingerprint density at radius 3 is 2.21 bits per heavy atom. The summed E-state index contributed by atoms with van der Waals surface area (Å²) in [4.78, 5) is 89.5. The molecule has 14 nitrogen and oxygen atoms in total. The van der Waals surface area contributed by atoms with E-state index in [1.165, 1.54) is 16.0 Å². The Bertz CT molecular complexity index is 1900. The summed E-state index contributed by atoms with van der Waals surface area (Å²) >= 11 is 1.05. The Balaban J connectivity index is 1.31. The highest BCUT2D eigenvalue weighted by Gasteiger charge is 2.51. The predicted octanol–water partition coefficient (Wildman–Crippen LogP) is 4.46. The number of carbonyl (C=O) groups is 6. The topological polar surface area (TPSA) is 180 Å². The molecule has 15 heteroatoms. The minimum atomic E-state index is -1.02. The van der Waals surface area contributed by atoms with Crippen LogP contribution in [-0.2, 0) is 48.1 Å². The largest absolute Gasteiger partial charge is 0.442 e. The Kier molecular flexibility index (Phi) is 15.2. The van der Waals surface area contributed by atoms with Gasteiger partial charge in [-0.3, -0.25) is 24.0 Å². The molecular weight excluding hydrogens is 761 g/mol. The van der Waals surface area contributed by atoms with Crippen LogP contribution in [-0.4, -0.2) is 106 Å². The summed E-state index contributed by atoms with van der Waals surface area (Å²) < 4.78 is 10.8. The van der Waals surface area contributed by atoms with Crippen molar-refractivity contribution in [2.75, 3.05) is 19.7 Å². The first kappa shape index (κ1) is 44.0. The van der Waals surface area contributed by atoms with Crippen LogP contribution in [0, 0.1) is 5.92 Å². The number of likely N-dealkylation sites (tertiary alicyclic amines) is 1. The molecule has 3 N–H and O–H groups in total. The lowest BCUT2D eigenvalue weighted by molar-refractivity contribution is -0.142. The molecular formula is C43H56N6O8S. The van der Waals surface area contributed by atoms with E-state index >= 15 is 0 Å². The molecule has 3 heterocycles. The van der Waals surface area contributed by atoms with Gasteiger partial charge in [0, 0.05) is 25.6 Å². The lowest BCUT2D eigenvalue weighted by Gasteiger charge is -2.33. The van der Waals surface area contributed by atoms with Crippen molar-refractivity contribution in [1.29, 1.82) is 0 Å². The van der Waals surface area contributed by atoms with Gasteiger partial charge in [-0.2, -0.15) is 0 Å². The zero-order valence-electron chi connectivity index (χ0n) is 34.2. The molecule has 0 spiro atoms. The minimum absolute atomic E-state index is 0.102. The van der Waals surface area contributed by atoms with E-state index in [4.69, 9.17) is 9.47 Å². The molecule has 2 fully saturated rings. The van der Waals surface area contributed by atoms with Gasteiger partial charge in [0.1, 0.15) is 40.2 Å². The summed E-state index contributed by atoms with van der Waals surface area (Å²) in [5.74, 6) is -2.06. The number of nitrogens with zero attached hydrogens (tertiary/aromatic N) is 3. The molecule has 2 aliphatic rings. The van der Waals surface area contributed by atoms with E-state index in [1.54, 1.807) is 6.92 Å². The summed E-state index contributed by atoms with van der Waals surface area (Å²) in [6.45, 7) is 12.4. The maximum atomic E-state index is 14.3. The minimum Gasteiger partial charge on any atom is -0.442 e. The molecule has 58 heavy (non-hydrogen) atoms. The highest BCUT2D eigenvalue weighted by molar-refractivity contribution is 7.13. The van der Waals surface area contributed by atoms with E-state index in [0.29, 0.717) is 37.5 Å². The zero-order valence-corrected chi connectivity index (χ0v) is 35.0. The second-order valence-electron chi connectivity index (χ2n) is 15.6. The standard InChI is InChI=1S/C43H56N6O8S/c1-7-48(8-2)42(55)56-25-36-44-24-35(58-36)40(53)45-31(20-19-29-15-11-9-12-16-29)38(51)47-33-22-28(5)49(41(33)54)34(23-30-17-13-10-14-18-30)39(52)46-32(21-27(3)4)37(50)43(6)26-57-43/h9-18,24,27-28,31-34H,7-8,19-23,25-26H2,1-6H3,(H,45,53)(H,46,52)(H,47,51)/t28?,31-,32-,33-,34-,43?/m0/s1. The van der Waals surface area contributed by atoms with Crippen molar-refractivity contribution in [3.63, 3.8) is 0 Å². The second kappa shape index (κ2) is 20.0. The van der Waals surface area contributed by atoms with Gasteiger partial charge in [0.15, 0.2) is 5.78 Å². The lowest BCUT2D eigenvalue weighted by atomic mass is 9.92. The molecule has 2 aromatic carbocycles. The average Bonchev–Trinajstić information content (AvgIpc) is 3.66. The summed E-state index contributed by atoms with van der Waals surface area (Å²) in [6.07, 6.45) is 2.44. The van der Waals surface area contributed by atoms with Crippen LogP contribution in [0.15, 0.2) is 66.9 Å². The van der Waals surface area contributed by atoms with Crippen molar-refractivity contribution in [3.05, 3.63) is 87.9 Å². The number of nitrogens with one attached hydrogen (secondary N) is 3. The van der Waals surface area contributed by atoms with Gasteiger partial charge in [-0.15, -0.1) is 11.3 Å². The van der Waals surface area contributed by atoms with E-state index in [1.807, 2.05) is 95.3 Å². The van der Waals surface area contributed by atoms with Crippen LogP contribution in [0.4, 0.5) is 4.79 Å². The molecule has 312 valence electrons. The summed E-state index contributed by atoms with van der Waals surface area (Å²) in [5.41, 5.74) is 0.854. The first-order valence-corrected chi connectivity index (χ1v) is 20.9. The van der Waals surface area contributed by atoms with Crippen molar-refractivity contribution in [3.8, 4) is 0 Å². The quantitative estimate of drug-likeness (QED) is 0.139. The smallest absolute Gasteiger partial charge is 0.410 e. The summed E-state index contributed by atoms with van der Waals surface area (Å²) in [7, 11) is 0. The van der Waals surface area contributed by atoms with Crippen LogP contribution in [0.2, 0.25) is 0 Å². The van der Waals surface area contributed by atoms with Crippen LogP contribution >= 0.6 is 11.3 Å². The van der Waals surface area contributed by atoms with Crippen molar-refractivity contribution in [2.45, 2.75) is 116 Å². The number of ketones is 1. The molecule has 1 aromatic heterocycles. The SMILES string of the molecule is CCN(CC)C(=O)OCc1ncc(C(=O)N[C@@H](CCc2ccccc2)C(=O)N[C@H]2CC(C)N([C@@H](Cc3ccccc3)C(=O)N[C@@H](CC(C)C)C(=O)C3(C)CO3)C2=O)s1. The number of hydrogen-bond donors (Lipinski definition) is 3. The predicted molar refractivity (Wildman–Crippen MR) is 219 cm³/mol. The average molecular weight is 817 g/mol. The van der Waals surface area contributed by atoms with Gasteiger partial charge in [-0.1, -0.05) is 74.5 Å². The maximum Gasteiger partial charge on any atom is 0.410 e. The molecule has 6 atom stereocenters. The van der Waals surface area contributed by atoms with Crippen LogP contribution in [0.25, 0.3) is 0 Å². The Morgan fingerprint density at radius 2 is 1.60 bits per heavy atom. The number of Topliss-reactive ketones (excluding diaryl/α,β-unsaturated/α-hetero) is 1. The highest BCUT2D eigenvalue weighted by atomic mass is 32.1. The van der Waals surface area contributed by atoms with E-state index in [0.717, 1.165) is 22.5 Å². The van der Waals surface area contributed by atoms with Gasteiger partial charge in [0.05, 0.1) is 18.8 Å². The third-order valence-corrected chi connectivity index (χ3v) is 11.5. The van der Waals surface area contributed by atoms with Gasteiger partial charge in [-0.25, -0.2) is 9.78 Å². The maximum absolute atomic E-state index is 14.3. The second-order valence-corrected chi connectivity index (χ2v) is 16.7. The molecule has 2 saturated heterocycles. The van der Waals surface area contributed by atoms with E-state index in [9.17, 15) is 28.8 Å². The third-order valence-electron chi connectivity index (χ3n) is 10.6. The van der Waals surface area contributed by atoms with Crippen molar-refractivity contribution >= 4 is 46.8 Å². The van der Waals surface area contributed by atoms with E-state index < -0.39 is 65.5 Å². The molecule has 2 aliphatic heterocycles. The van der Waals surface area contributed by atoms with Crippen molar-refractivity contribution in [2.24, 2.45) is 5.92 Å². The van der Waals surface area contributed by atoms with Gasteiger partial charge in [0.2, 0.25) is 17.7 Å². The third kappa shape index (κ3) is 11.5. The van der Waals surface area contributed by atoms with Gasteiger partial charge in [0.25, 0.3) is 5.91 Å². The highest BCUT2D eigenvalue weighted by Crippen LogP contribution is 2.30. The molecule has 0 saturated carbocycles. The molecule has 2 unspecified atom stereocenters. The van der Waals surface area contributed by atoms with Crippen molar-refractivity contribution < 1.29 is 38.2 Å². The fraction of sp³-hybridized carbons (Fsp3) is 0.512. The Hall–Kier alpha value is -5.15. The monoisotopic (exact) mass is 816 g/mol. The fourth-order valence-corrected chi connectivity index (χ4v) is 7.92. The van der Waals surface area contributed by atoms with Crippen LogP contribution < -0.4 is 16.0 Å². The molecule has 0 aliphatic carbocycles. The molecule has 0 bridgehead atoms. The Morgan fingerprint density at radius 1 is 0.966 bits per heavy atom. The number of epoxide rings is 1. The van der Waals surface area contributed by atoms with Crippen LogP contribution in [0.3, 0.4) is 0 Å². The number of aryl methyl sites for hydroxylation is 1. The number of aromatic nitrogens is 1. The van der Waals surface area contributed by atoms with E-state index in [-0.39, 0.29) is 42.4 Å². The lowest BCUT2D eigenvalue weighted by Crippen LogP contribution is -2.57. The summed E-state index contributed by atoms with van der Waals surface area (Å²) in [5, 5.41) is 9.13. The van der Waals surface area contributed by atoms with Crippen molar-refractivity contribution in [1.82, 2.24) is 30.7 Å². The van der Waals surface area contributed by atoms with Crippen LogP contribution in [0.1, 0.15) is 86.6 Å². The number of amides is 5. The number of carbonyl (C=O) groups excluding carboxylic acids is 6. The van der Waals surface area contributed by atoms with Gasteiger partial charge < -0.3 is 35.2 Å². The van der Waals surface area contributed by atoms with Gasteiger partial charge in [-0.05, 0) is 70.4 Å². The fourth-order valence-electron chi connectivity index (χ4n) is 7.18. The first-order valence-electron chi connectivity index (χ1n) is 20.1. The number of hydrogen-bond acceptors (Lipinski definition) is 10. The van der Waals surface area contributed by atoms with E-state index in [2.05, 4.69) is 20.9 Å². The molecule has 3 aromatic rings. The van der Waals surface area contributed by atoms with Crippen LogP contribution in [0.5, 0.6) is 0 Å². The van der Waals surface area contributed by atoms with Gasteiger partial charge >= 0.3 is 6.09 Å². The first-order chi connectivity index (χ1) is 27.7. The number of benzene rings is 2. The molecule has 5 rings (SSSR count). The summed E-state index contributed by atoms with van der Waals surface area (Å²) in [6, 6.07) is 14.7. The zero-order chi connectivity index (χ0) is 42.0. The number of ether oxygens (including phenoxy) is 2. The molecule has 5 amide bonds. The molecule has 0 radical (unpaired) electrons.